The predicted molar refractivity (Wildman–Crippen MR) is 60.8 cm³/mol. The zero-order chi connectivity index (χ0) is 9.84. The molecule has 0 fully saturated rings. The topological polar surface area (TPSA) is 26.0 Å². The van der Waals surface area contributed by atoms with Crippen LogP contribution in [0.25, 0.3) is 0 Å². The Morgan fingerprint density at radius 2 is 2.08 bits per heavy atom. The molecule has 1 aromatic rings. The minimum Gasteiger partial charge on any atom is -0.399 e. The number of anilines is 1. The molecule has 0 saturated carbocycles. The lowest BCUT2D eigenvalue weighted by atomic mass is 10.0. The van der Waals surface area contributed by atoms with Gasteiger partial charge in [0.2, 0.25) is 0 Å². The number of thiol groups is 1. The van der Waals surface area contributed by atoms with Crippen LogP contribution < -0.4 is 5.73 Å². The molecule has 2 N–H and O–H groups in total. The predicted octanol–water partition coefficient (Wildman–Crippen LogP) is 2.18. The van der Waals surface area contributed by atoms with E-state index in [1.54, 1.807) is 0 Å². The smallest absolute Gasteiger partial charge is 0.0341 e. The third kappa shape index (κ3) is 2.19. The quantitative estimate of drug-likeness (QED) is 0.418. The molecule has 0 aliphatic carbocycles. The van der Waals surface area contributed by atoms with Crippen LogP contribution in [0.2, 0.25) is 0 Å². The lowest BCUT2D eigenvalue weighted by Gasteiger charge is -2.09. The highest BCUT2D eigenvalue weighted by Gasteiger charge is 2.03. The van der Waals surface area contributed by atoms with Crippen molar-refractivity contribution in [3.05, 3.63) is 28.8 Å². The first kappa shape index (κ1) is 10.0. The number of hydrogen-bond acceptors (Lipinski definition) is 2. The Morgan fingerprint density at radius 1 is 1.46 bits per heavy atom. The number of terminal acetylenes is 1. The standard InChI is InChI=1S/C11H13NS/c1-3-4-9-5-11(12)6-10(7-13)8(9)2/h1,5-6,13H,4,7,12H2,2H3. The summed E-state index contributed by atoms with van der Waals surface area (Å²) in [6.07, 6.45) is 5.90. The average Bonchev–Trinajstić information content (AvgIpc) is 2.11. The molecule has 13 heavy (non-hydrogen) atoms. The van der Waals surface area contributed by atoms with E-state index in [1.165, 1.54) is 5.56 Å². The van der Waals surface area contributed by atoms with Crippen LogP contribution in [0.15, 0.2) is 12.1 Å². The summed E-state index contributed by atoms with van der Waals surface area (Å²) in [6.45, 7) is 2.05. The van der Waals surface area contributed by atoms with Crippen LogP contribution in [-0.4, -0.2) is 0 Å². The van der Waals surface area contributed by atoms with E-state index in [-0.39, 0.29) is 0 Å². The molecule has 1 aromatic carbocycles. The van der Waals surface area contributed by atoms with Crippen LogP contribution in [0.1, 0.15) is 16.7 Å². The lowest BCUT2D eigenvalue weighted by Crippen LogP contribution is -1.97. The number of benzene rings is 1. The van der Waals surface area contributed by atoms with Crippen molar-refractivity contribution in [2.45, 2.75) is 19.1 Å². The lowest BCUT2D eigenvalue weighted by molar-refractivity contribution is 1.20. The molecule has 0 aliphatic rings. The molecule has 0 spiro atoms. The summed E-state index contributed by atoms with van der Waals surface area (Å²) in [5, 5.41) is 0. The van der Waals surface area contributed by atoms with Gasteiger partial charge in [-0.1, -0.05) is 0 Å². The monoisotopic (exact) mass is 191 g/mol. The Labute approximate surface area is 84.8 Å². The van der Waals surface area contributed by atoms with Crippen LogP contribution in [0.5, 0.6) is 0 Å². The highest BCUT2D eigenvalue weighted by Crippen LogP contribution is 2.20. The molecule has 0 radical (unpaired) electrons. The van der Waals surface area contributed by atoms with Gasteiger partial charge in [-0.15, -0.1) is 12.3 Å². The summed E-state index contributed by atoms with van der Waals surface area (Å²) in [4.78, 5) is 0. The number of rotatable bonds is 2. The SMILES string of the molecule is C#CCc1cc(N)cc(CS)c1C. The molecule has 0 aromatic heterocycles. The molecule has 0 aliphatic heterocycles. The maximum atomic E-state index is 5.73. The van der Waals surface area contributed by atoms with Gasteiger partial charge < -0.3 is 5.73 Å². The van der Waals surface area contributed by atoms with E-state index in [0.29, 0.717) is 12.2 Å². The number of nitrogens with two attached hydrogens (primary N) is 1. The van der Waals surface area contributed by atoms with Crippen molar-refractivity contribution in [3.8, 4) is 12.3 Å². The zero-order valence-corrected chi connectivity index (χ0v) is 8.57. The highest BCUT2D eigenvalue weighted by molar-refractivity contribution is 7.79. The molecule has 1 nitrogen and oxygen atoms in total. The third-order valence-corrected chi connectivity index (χ3v) is 2.45. The molecule has 2 heteroatoms. The van der Waals surface area contributed by atoms with Crippen LogP contribution >= 0.6 is 12.6 Å². The molecular formula is C11H13NS. The van der Waals surface area contributed by atoms with Crippen molar-refractivity contribution < 1.29 is 0 Å². The van der Waals surface area contributed by atoms with E-state index in [9.17, 15) is 0 Å². The van der Waals surface area contributed by atoms with Gasteiger partial charge in [-0.05, 0) is 35.7 Å². The first-order valence-electron chi connectivity index (χ1n) is 4.11. The van der Waals surface area contributed by atoms with Crippen molar-refractivity contribution in [1.82, 2.24) is 0 Å². The fourth-order valence-electron chi connectivity index (χ4n) is 1.32. The largest absolute Gasteiger partial charge is 0.399 e. The van der Waals surface area contributed by atoms with Crippen LogP contribution in [0.3, 0.4) is 0 Å². The molecule has 0 atom stereocenters. The molecule has 1 rings (SSSR count). The van der Waals surface area contributed by atoms with E-state index in [4.69, 9.17) is 12.2 Å². The Hall–Kier alpha value is -1.07. The van der Waals surface area contributed by atoms with Gasteiger partial charge in [0.25, 0.3) is 0 Å². The van der Waals surface area contributed by atoms with Gasteiger partial charge in [0.05, 0.1) is 0 Å². The summed E-state index contributed by atoms with van der Waals surface area (Å²) in [5.74, 6) is 3.33. The van der Waals surface area contributed by atoms with Crippen molar-refractivity contribution in [2.24, 2.45) is 0 Å². The Kier molecular flexibility index (Phi) is 3.27. The van der Waals surface area contributed by atoms with Gasteiger partial charge in [-0.25, -0.2) is 0 Å². The highest BCUT2D eigenvalue weighted by atomic mass is 32.1. The van der Waals surface area contributed by atoms with Crippen molar-refractivity contribution in [1.29, 1.82) is 0 Å². The van der Waals surface area contributed by atoms with Crippen molar-refractivity contribution in [2.75, 3.05) is 5.73 Å². The summed E-state index contributed by atoms with van der Waals surface area (Å²) in [6, 6.07) is 3.88. The van der Waals surface area contributed by atoms with Crippen LogP contribution in [-0.2, 0) is 12.2 Å². The summed E-state index contributed by atoms with van der Waals surface area (Å²) >= 11 is 4.24. The molecule has 0 unspecified atom stereocenters. The average molecular weight is 191 g/mol. The normalized spacial score (nSPS) is 9.62. The molecular weight excluding hydrogens is 178 g/mol. The minimum atomic E-state index is 0.637. The minimum absolute atomic E-state index is 0.637. The number of nitrogen functional groups attached to an aromatic ring is 1. The second-order valence-electron chi connectivity index (χ2n) is 3.00. The second kappa shape index (κ2) is 4.25. The second-order valence-corrected chi connectivity index (χ2v) is 3.32. The fraction of sp³-hybridized carbons (Fsp3) is 0.273. The van der Waals surface area contributed by atoms with E-state index >= 15 is 0 Å². The molecule has 0 saturated heterocycles. The van der Waals surface area contributed by atoms with E-state index in [2.05, 4.69) is 25.5 Å². The first-order valence-corrected chi connectivity index (χ1v) is 4.74. The van der Waals surface area contributed by atoms with Crippen molar-refractivity contribution in [3.63, 3.8) is 0 Å². The van der Waals surface area contributed by atoms with Gasteiger partial charge in [0.1, 0.15) is 0 Å². The van der Waals surface area contributed by atoms with E-state index in [1.807, 2.05) is 12.1 Å². The molecule has 0 heterocycles. The maximum absolute atomic E-state index is 5.73. The van der Waals surface area contributed by atoms with Gasteiger partial charge in [-0.2, -0.15) is 12.6 Å². The first-order chi connectivity index (χ1) is 6.19. The Balaban J connectivity index is 3.20. The maximum Gasteiger partial charge on any atom is 0.0341 e. The van der Waals surface area contributed by atoms with Crippen LogP contribution in [0, 0.1) is 19.3 Å². The van der Waals surface area contributed by atoms with E-state index < -0.39 is 0 Å². The van der Waals surface area contributed by atoms with Gasteiger partial charge in [0.15, 0.2) is 0 Å². The molecule has 0 bridgehead atoms. The third-order valence-electron chi connectivity index (χ3n) is 2.11. The summed E-state index contributed by atoms with van der Waals surface area (Å²) in [7, 11) is 0. The van der Waals surface area contributed by atoms with E-state index in [0.717, 1.165) is 16.8 Å². The van der Waals surface area contributed by atoms with Crippen molar-refractivity contribution >= 4 is 18.3 Å². The number of hydrogen-bond donors (Lipinski definition) is 2. The molecule has 68 valence electrons. The van der Waals surface area contributed by atoms with Gasteiger partial charge in [-0.3, -0.25) is 0 Å². The van der Waals surface area contributed by atoms with Gasteiger partial charge >= 0.3 is 0 Å². The Morgan fingerprint density at radius 3 is 2.62 bits per heavy atom. The molecule has 0 amide bonds. The fourth-order valence-corrected chi connectivity index (χ4v) is 1.65. The van der Waals surface area contributed by atoms with Gasteiger partial charge in [0, 0.05) is 17.9 Å². The zero-order valence-electron chi connectivity index (χ0n) is 7.67. The summed E-state index contributed by atoms with van der Waals surface area (Å²) < 4.78 is 0. The Bertz CT molecular complexity index is 350. The summed E-state index contributed by atoms with van der Waals surface area (Å²) in [5.41, 5.74) is 10.00. The van der Waals surface area contributed by atoms with Crippen LogP contribution in [0.4, 0.5) is 5.69 Å².